The van der Waals surface area contributed by atoms with Gasteiger partial charge in [0.2, 0.25) is 11.8 Å². The molecule has 0 bridgehead atoms. The van der Waals surface area contributed by atoms with Crippen LogP contribution in [0.15, 0.2) is 60.7 Å². The largest absolute Gasteiger partial charge is 0.412 e. The lowest BCUT2D eigenvalue weighted by Crippen LogP contribution is -2.48. The number of benzene rings is 2. The summed E-state index contributed by atoms with van der Waals surface area (Å²) in [4.78, 5) is 41.0. The summed E-state index contributed by atoms with van der Waals surface area (Å²) in [6, 6.07) is 18.7. The average Bonchev–Trinajstić information content (AvgIpc) is 3.15. The number of carbonyl (C=O) groups excluding carboxylic acids is 3. The number of nitrogens with one attached hydrogen (secondary N) is 1. The van der Waals surface area contributed by atoms with Gasteiger partial charge in [-0.1, -0.05) is 48.5 Å². The van der Waals surface area contributed by atoms with E-state index >= 15 is 0 Å². The summed E-state index contributed by atoms with van der Waals surface area (Å²) in [7, 11) is 0. The number of amides is 3. The molecule has 3 amide bonds. The van der Waals surface area contributed by atoms with Crippen LogP contribution in [0, 0.1) is 5.92 Å². The highest BCUT2D eigenvalue weighted by atomic mass is 16.6. The minimum atomic E-state index is -0.478. The third-order valence-electron chi connectivity index (χ3n) is 5.86. The maximum atomic E-state index is 12.9. The Kier molecular flexibility index (Phi) is 6.50. The van der Waals surface area contributed by atoms with E-state index in [4.69, 9.17) is 4.74 Å². The highest BCUT2D eigenvalue weighted by Crippen LogP contribution is 2.24. The van der Waals surface area contributed by atoms with Crippen molar-refractivity contribution in [1.82, 2.24) is 15.1 Å². The molecule has 1 atom stereocenters. The molecule has 2 aliphatic rings. The van der Waals surface area contributed by atoms with Gasteiger partial charge in [0.25, 0.3) is 0 Å². The molecular weight excluding hydrogens is 394 g/mol. The molecule has 0 spiro atoms. The summed E-state index contributed by atoms with van der Waals surface area (Å²) in [6.07, 6.45) is 1.13. The molecular formula is C24H27N3O4. The van der Waals surface area contributed by atoms with Crippen LogP contribution in [0.3, 0.4) is 0 Å². The molecule has 0 radical (unpaired) electrons. The Morgan fingerprint density at radius 3 is 2.29 bits per heavy atom. The molecule has 4 rings (SSSR count). The standard InChI is InChI=1S/C24H27N3O4/c28-22-15-19(17-27(22)16-18-7-3-1-4-8-18)23(29)26-13-11-20(12-14-26)25-24(30)31-21-9-5-2-6-10-21/h1-10,19-20H,11-17H2,(H,25,30). The van der Waals surface area contributed by atoms with Gasteiger partial charge < -0.3 is 19.9 Å². The van der Waals surface area contributed by atoms with Gasteiger partial charge in [0.05, 0.1) is 5.92 Å². The van der Waals surface area contributed by atoms with Crippen LogP contribution in [0.25, 0.3) is 0 Å². The first-order chi connectivity index (χ1) is 15.1. The molecule has 31 heavy (non-hydrogen) atoms. The van der Waals surface area contributed by atoms with Crippen LogP contribution in [-0.2, 0) is 16.1 Å². The molecule has 0 saturated carbocycles. The number of ether oxygens (including phenoxy) is 1. The van der Waals surface area contributed by atoms with Crippen molar-refractivity contribution in [2.75, 3.05) is 19.6 Å². The van der Waals surface area contributed by atoms with Gasteiger partial charge in [-0.25, -0.2) is 4.79 Å². The number of para-hydroxylation sites is 1. The quantitative estimate of drug-likeness (QED) is 0.805. The second-order valence-electron chi connectivity index (χ2n) is 8.11. The third kappa shape index (κ3) is 5.42. The van der Waals surface area contributed by atoms with Crippen molar-refractivity contribution in [2.45, 2.75) is 31.8 Å². The van der Waals surface area contributed by atoms with Crippen molar-refractivity contribution in [2.24, 2.45) is 5.92 Å². The summed E-state index contributed by atoms with van der Waals surface area (Å²) >= 11 is 0. The molecule has 2 aromatic carbocycles. The normalized spacial score (nSPS) is 19.4. The topological polar surface area (TPSA) is 79.0 Å². The highest BCUT2D eigenvalue weighted by Gasteiger charge is 2.37. The molecule has 7 nitrogen and oxygen atoms in total. The van der Waals surface area contributed by atoms with Gasteiger partial charge >= 0.3 is 6.09 Å². The van der Waals surface area contributed by atoms with Crippen LogP contribution in [0.1, 0.15) is 24.8 Å². The summed E-state index contributed by atoms with van der Waals surface area (Å²) in [5, 5.41) is 2.88. The van der Waals surface area contributed by atoms with Gasteiger partial charge in [0, 0.05) is 38.6 Å². The Hall–Kier alpha value is -3.35. The van der Waals surface area contributed by atoms with Crippen molar-refractivity contribution < 1.29 is 19.1 Å². The van der Waals surface area contributed by atoms with E-state index in [1.807, 2.05) is 53.4 Å². The molecule has 1 unspecified atom stereocenters. The van der Waals surface area contributed by atoms with E-state index in [1.165, 1.54) is 0 Å². The Labute approximate surface area is 182 Å². The predicted octanol–water partition coefficient (Wildman–Crippen LogP) is 2.81. The maximum absolute atomic E-state index is 12.9. The number of hydrogen-bond acceptors (Lipinski definition) is 4. The zero-order valence-electron chi connectivity index (χ0n) is 17.4. The van der Waals surface area contributed by atoms with Gasteiger partial charge in [-0.05, 0) is 30.5 Å². The monoisotopic (exact) mass is 421 g/mol. The third-order valence-corrected chi connectivity index (χ3v) is 5.86. The van der Waals surface area contributed by atoms with E-state index in [2.05, 4.69) is 5.32 Å². The molecule has 162 valence electrons. The van der Waals surface area contributed by atoms with Crippen molar-refractivity contribution in [3.8, 4) is 5.75 Å². The lowest BCUT2D eigenvalue weighted by atomic mass is 10.0. The smallest absolute Gasteiger partial charge is 0.410 e. The van der Waals surface area contributed by atoms with Crippen molar-refractivity contribution >= 4 is 17.9 Å². The summed E-state index contributed by atoms with van der Waals surface area (Å²) in [5.41, 5.74) is 1.07. The van der Waals surface area contributed by atoms with Gasteiger partial charge in [-0.15, -0.1) is 0 Å². The Bertz CT molecular complexity index is 911. The summed E-state index contributed by atoms with van der Waals surface area (Å²) < 4.78 is 5.27. The molecule has 2 aromatic rings. The molecule has 1 N–H and O–H groups in total. The number of nitrogens with zero attached hydrogens (tertiary/aromatic N) is 2. The van der Waals surface area contributed by atoms with Crippen molar-refractivity contribution in [3.63, 3.8) is 0 Å². The summed E-state index contributed by atoms with van der Waals surface area (Å²) in [5.74, 6) is 0.277. The summed E-state index contributed by atoms with van der Waals surface area (Å²) in [6.45, 7) is 2.14. The van der Waals surface area contributed by atoms with Gasteiger partial charge in [0.15, 0.2) is 0 Å². The van der Waals surface area contributed by atoms with Crippen molar-refractivity contribution in [3.05, 3.63) is 66.2 Å². The lowest BCUT2D eigenvalue weighted by molar-refractivity contribution is -0.136. The van der Waals surface area contributed by atoms with Crippen LogP contribution < -0.4 is 10.1 Å². The molecule has 0 aromatic heterocycles. The van der Waals surface area contributed by atoms with Gasteiger partial charge in [-0.3, -0.25) is 9.59 Å². The Morgan fingerprint density at radius 1 is 0.968 bits per heavy atom. The minimum Gasteiger partial charge on any atom is -0.410 e. The Balaban J connectivity index is 1.23. The van der Waals surface area contributed by atoms with Crippen molar-refractivity contribution in [1.29, 1.82) is 0 Å². The van der Waals surface area contributed by atoms with E-state index in [0.29, 0.717) is 44.8 Å². The molecule has 2 heterocycles. The van der Waals surface area contributed by atoms with Crippen LogP contribution >= 0.6 is 0 Å². The SMILES string of the molecule is O=C(NC1CCN(C(=O)C2CC(=O)N(Cc3ccccc3)C2)CC1)Oc1ccccc1. The Morgan fingerprint density at radius 2 is 1.61 bits per heavy atom. The fraction of sp³-hybridized carbons (Fsp3) is 0.375. The maximum Gasteiger partial charge on any atom is 0.412 e. The molecule has 2 aliphatic heterocycles. The van der Waals surface area contributed by atoms with E-state index in [9.17, 15) is 14.4 Å². The number of carbonyl (C=O) groups is 3. The fourth-order valence-corrected chi connectivity index (χ4v) is 4.19. The molecule has 2 fully saturated rings. The first-order valence-corrected chi connectivity index (χ1v) is 10.7. The zero-order valence-corrected chi connectivity index (χ0v) is 17.4. The van der Waals surface area contributed by atoms with E-state index < -0.39 is 6.09 Å². The van der Waals surface area contributed by atoms with Crippen LogP contribution in [0.4, 0.5) is 4.79 Å². The number of likely N-dealkylation sites (tertiary alicyclic amines) is 2. The van der Waals surface area contributed by atoms with Gasteiger partial charge in [0.1, 0.15) is 5.75 Å². The first-order valence-electron chi connectivity index (χ1n) is 10.7. The van der Waals surface area contributed by atoms with Crippen LogP contribution in [0.5, 0.6) is 5.75 Å². The number of hydrogen-bond donors (Lipinski definition) is 1. The van der Waals surface area contributed by atoms with E-state index in [1.54, 1.807) is 17.0 Å². The molecule has 7 heteroatoms. The molecule has 2 saturated heterocycles. The average molecular weight is 421 g/mol. The van der Waals surface area contributed by atoms with Crippen LogP contribution in [-0.4, -0.2) is 53.4 Å². The van der Waals surface area contributed by atoms with E-state index in [-0.39, 0.29) is 30.2 Å². The minimum absolute atomic E-state index is 0.0277. The second kappa shape index (κ2) is 9.64. The zero-order chi connectivity index (χ0) is 21.6. The van der Waals surface area contributed by atoms with Crippen LogP contribution in [0.2, 0.25) is 0 Å². The second-order valence-corrected chi connectivity index (χ2v) is 8.11. The highest BCUT2D eigenvalue weighted by molar-refractivity contribution is 5.89. The van der Waals surface area contributed by atoms with E-state index in [0.717, 1.165) is 5.56 Å². The number of rotatable bonds is 5. The van der Waals surface area contributed by atoms with Gasteiger partial charge in [-0.2, -0.15) is 0 Å². The number of piperidine rings is 1. The fourth-order valence-electron chi connectivity index (χ4n) is 4.19. The lowest BCUT2D eigenvalue weighted by Gasteiger charge is -2.33. The first kappa shape index (κ1) is 20.9. The molecule has 0 aliphatic carbocycles. The predicted molar refractivity (Wildman–Crippen MR) is 115 cm³/mol.